The van der Waals surface area contributed by atoms with Crippen LogP contribution in [0.2, 0.25) is 0 Å². The Labute approximate surface area is 212 Å². The summed E-state index contributed by atoms with van der Waals surface area (Å²) in [5.74, 6) is 1.34. The molecule has 1 saturated heterocycles. The molecule has 0 atom stereocenters. The number of hydrogen-bond acceptors (Lipinski definition) is 6. The van der Waals surface area contributed by atoms with Gasteiger partial charge in [0.1, 0.15) is 5.82 Å². The summed E-state index contributed by atoms with van der Waals surface area (Å²) in [6.07, 6.45) is 8.13. The van der Waals surface area contributed by atoms with Crippen molar-refractivity contribution in [2.45, 2.75) is 82.2 Å². The largest absolute Gasteiger partial charge is 0.381 e. The average Bonchev–Trinajstić information content (AvgIpc) is 3.42. The Hall–Kier alpha value is -2.72. The van der Waals surface area contributed by atoms with Crippen LogP contribution >= 0.6 is 0 Å². The zero-order valence-corrected chi connectivity index (χ0v) is 22.1. The highest BCUT2D eigenvalue weighted by atomic mass is 32.2. The number of hydrogen-bond donors (Lipinski definition) is 1. The lowest BCUT2D eigenvalue weighted by atomic mass is 9.93. The summed E-state index contributed by atoms with van der Waals surface area (Å²) < 4.78 is 35.5. The maximum atomic E-state index is 13.4. The van der Waals surface area contributed by atoms with Gasteiger partial charge in [0.2, 0.25) is 5.91 Å². The van der Waals surface area contributed by atoms with Crippen LogP contribution in [0.3, 0.4) is 0 Å². The first-order valence-corrected chi connectivity index (χ1v) is 14.2. The molecule has 1 N–H and O–H groups in total. The van der Waals surface area contributed by atoms with Crippen LogP contribution in [0.4, 0.5) is 0 Å². The van der Waals surface area contributed by atoms with Crippen LogP contribution in [0.15, 0.2) is 35.5 Å². The molecule has 3 heterocycles. The van der Waals surface area contributed by atoms with Gasteiger partial charge < -0.3 is 14.6 Å². The van der Waals surface area contributed by atoms with Crippen molar-refractivity contribution in [1.29, 1.82) is 0 Å². The van der Waals surface area contributed by atoms with Gasteiger partial charge in [-0.1, -0.05) is 20.8 Å². The third-order valence-electron chi connectivity index (χ3n) is 7.16. The molecule has 0 bridgehead atoms. The van der Waals surface area contributed by atoms with Crippen molar-refractivity contribution in [3.8, 4) is 0 Å². The molecule has 9 nitrogen and oxygen atoms in total. The van der Waals surface area contributed by atoms with Crippen LogP contribution in [0.5, 0.6) is 0 Å². The molecule has 0 unspecified atom stereocenters. The van der Waals surface area contributed by atoms with Gasteiger partial charge in [0, 0.05) is 43.0 Å². The van der Waals surface area contributed by atoms with E-state index in [2.05, 4.69) is 35.8 Å². The number of aromatic nitrogens is 4. The Balaban J connectivity index is 1.41. The van der Waals surface area contributed by atoms with Gasteiger partial charge in [0.05, 0.1) is 28.5 Å². The number of carbonyl (C=O) groups is 1. The van der Waals surface area contributed by atoms with Crippen molar-refractivity contribution < 1.29 is 17.9 Å². The molecule has 3 aromatic rings. The molecule has 1 amide bonds. The van der Waals surface area contributed by atoms with Crippen LogP contribution < -0.4 is 5.32 Å². The first-order chi connectivity index (χ1) is 17.1. The number of rotatable bonds is 7. The van der Waals surface area contributed by atoms with E-state index in [0.29, 0.717) is 17.0 Å². The first kappa shape index (κ1) is 25.0. The molecule has 2 fully saturated rings. The predicted molar refractivity (Wildman–Crippen MR) is 136 cm³/mol. The van der Waals surface area contributed by atoms with E-state index in [1.165, 1.54) is 12.4 Å². The molecule has 0 radical (unpaired) electrons. The second-order valence-electron chi connectivity index (χ2n) is 11.1. The van der Waals surface area contributed by atoms with Crippen LogP contribution in [-0.4, -0.2) is 52.3 Å². The Morgan fingerprint density at radius 3 is 2.58 bits per heavy atom. The Morgan fingerprint density at radius 1 is 1.17 bits per heavy atom. The van der Waals surface area contributed by atoms with Crippen molar-refractivity contribution in [3.05, 3.63) is 42.0 Å². The molecule has 1 aromatic carbocycles. The third-order valence-corrected chi connectivity index (χ3v) is 8.71. The minimum absolute atomic E-state index is 0.108. The summed E-state index contributed by atoms with van der Waals surface area (Å²) in [5.41, 5.74) is 1.95. The fourth-order valence-corrected chi connectivity index (χ4v) is 6.06. The Bertz CT molecular complexity index is 1360. The highest BCUT2D eigenvalue weighted by Gasteiger charge is 2.27. The van der Waals surface area contributed by atoms with Gasteiger partial charge in [-0.2, -0.15) is 17.6 Å². The first-order valence-electron chi connectivity index (χ1n) is 12.8. The van der Waals surface area contributed by atoms with Crippen LogP contribution in [-0.2, 0) is 37.9 Å². The summed E-state index contributed by atoms with van der Waals surface area (Å²) >= 11 is 0. The summed E-state index contributed by atoms with van der Waals surface area (Å²) in [6.45, 7) is 8.76. The van der Waals surface area contributed by atoms with Gasteiger partial charge in [0.25, 0.3) is 10.0 Å². The van der Waals surface area contributed by atoms with E-state index in [4.69, 9.17) is 9.72 Å². The van der Waals surface area contributed by atoms with E-state index in [-0.39, 0.29) is 28.7 Å². The van der Waals surface area contributed by atoms with E-state index < -0.39 is 10.0 Å². The predicted octanol–water partition coefficient (Wildman–Crippen LogP) is 3.41. The molecule has 1 saturated carbocycles. The fraction of sp³-hybridized carbons (Fsp3) is 0.577. The Kier molecular flexibility index (Phi) is 6.67. The molecular weight excluding hydrogens is 478 g/mol. The molecule has 1 aliphatic heterocycles. The summed E-state index contributed by atoms with van der Waals surface area (Å²) in [6, 6.07) is 5.34. The number of benzene rings is 1. The summed E-state index contributed by atoms with van der Waals surface area (Å²) in [7, 11) is -3.92. The molecule has 0 spiro atoms. The van der Waals surface area contributed by atoms with Crippen molar-refractivity contribution in [2.24, 2.45) is 5.92 Å². The molecule has 10 heteroatoms. The topological polar surface area (TPSA) is 108 Å². The van der Waals surface area contributed by atoms with Crippen molar-refractivity contribution >= 4 is 27.0 Å². The van der Waals surface area contributed by atoms with E-state index >= 15 is 0 Å². The van der Waals surface area contributed by atoms with Gasteiger partial charge in [-0.05, 0) is 56.2 Å². The van der Waals surface area contributed by atoms with E-state index in [0.717, 1.165) is 67.3 Å². The number of imidazole rings is 1. The van der Waals surface area contributed by atoms with Crippen molar-refractivity contribution in [3.63, 3.8) is 0 Å². The molecule has 2 aliphatic rings. The number of ether oxygens (including phenoxy) is 1. The van der Waals surface area contributed by atoms with Gasteiger partial charge in [-0.3, -0.25) is 4.79 Å². The number of amides is 1. The lowest BCUT2D eigenvalue weighted by molar-refractivity contribution is -0.121. The van der Waals surface area contributed by atoms with Gasteiger partial charge in [0.15, 0.2) is 0 Å². The number of carbonyl (C=O) groups excluding carboxylic acids is 1. The van der Waals surface area contributed by atoms with Gasteiger partial charge in [-0.15, -0.1) is 0 Å². The van der Waals surface area contributed by atoms with Crippen molar-refractivity contribution in [1.82, 2.24) is 24.1 Å². The molecule has 5 rings (SSSR count). The third kappa shape index (κ3) is 5.06. The normalized spacial score (nSPS) is 17.9. The number of nitrogens with one attached hydrogen (secondary N) is 1. The Morgan fingerprint density at radius 2 is 1.92 bits per heavy atom. The molecular formula is C26H35N5O4S. The van der Waals surface area contributed by atoms with Crippen LogP contribution in [0, 0.1) is 5.92 Å². The lowest BCUT2D eigenvalue weighted by Gasteiger charge is -2.26. The molecule has 2 aromatic heterocycles. The SMILES string of the molecule is CC(C)(C)c1nc2cc(S(=O)(=O)n3cc(CC(=O)NC4CCC4)cn3)ccc2n1CC1CCOCC1. The highest BCUT2D eigenvalue weighted by molar-refractivity contribution is 7.89. The maximum absolute atomic E-state index is 13.4. The second-order valence-corrected chi connectivity index (χ2v) is 12.9. The van der Waals surface area contributed by atoms with Gasteiger partial charge in [-0.25, -0.2) is 4.98 Å². The monoisotopic (exact) mass is 513 g/mol. The highest BCUT2D eigenvalue weighted by Crippen LogP contribution is 2.30. The fourth-order valence-electron chi connectivity index (χ4n) is 4.90. The van der Waals surface area contributed by atoms with Gasteiger partial charge >= 0.3 is 0 Å². The summed E-state index contributed by atoms with van der Waals surface area (Å²) in [4.78, 5) is 17.2. The second kappa shape index (κ2) is 9.63. The molecule has 36 heavy (non-hydrogen) atoms. The molecule has 1 aliphatic carbocycles. The van der Waals surface area contributed by atoms with E-state index in [1.807, 2.05) is 6.07 Å². The lowest BCUT2D eigenvalue weighted by Crippen LogP contribution is -2.40. The van der Waals surface area contributed by atoms with Crippen LogP contribution in [0.1, 0.15) is 64.3 Å². The summed E-state index contributed by atoms with van der Waals surface area (Å²) in [5, 5.41) is 7.03. The zero-order chi connectivity index (χ0) is 25.5. The van der Waals surface area contributed by atoms with Crippen LogP contribution in [0.25, 0.3) is 11.0 Å². The minimum atomic E-state index is -3.92. The van der Waals surface area contributed by atoms with E-state index in [9.17, 15) is 13.2 Å². The standard InChI is InChI=1S/C26H35N5O4S/c1-26(2,3)25-29-22-14-21(7-8-23(22)30(25)16-18-9-11-35-12-10-18)36(33,34)31-17-19(15-27-31)13-24(32)28-20-5-4-6-20/h7-8,14-15,17-18,20H,4-6,9-13,16H2,1-3H3,(H,28,32). The number of fused-ring (bicyclic) bond motifs is 1. The average molecular weight is 514 g/mol. The zero-order valence-electron chi connectivity index (χ0n) is 21.2. The maximum Gasteiger partial charge on any atom is 0.283 e. The smallest absolute Gasteiger partial charge is 0.283 e. The minimum Gasteiger partial charge on any atom is -0.381 e. The number of nitrogens with zero attached hydrogens (tertiary/aromatic N) is 4. The quantitative estimate of drug-likeness (QED) is 0.519. The van der Waals surface area contributed by atoms with E-state index in [1.54, 1.807) is 12.1 Å². The van der Waals surface area contributed by atoms with Crippen molar-refractivity contribution in [2.75, 3.05) is 13.2 Å². The molecule has 194 valence electrons.